The van der Waals surface area contributed by atoms with Crippen LogP contribution in [-0.4, -0.2) is 17.6 Å². The summed E-state index contributed by atoms with van der Waals surface area (Å²) in [4.78, 5) is 7.30. The van der Waals surface area contributed by atoms with Crippen LogP contribution in [0.25, 0.3) is 0 Å². The molecule has 104 valence electrons. The quantitative estimate of drug-likeness (QED) is 0.887. The lowest BCUT2D eigenvalue weighted by Crippen LogP contribution is -2.47. The van der Waals surface area contributed by atoms with Gasteiger partial charge in [0.1, 0.15) is 5.82 Å². The van der Waals surface area contributed by atoms with Gasteiger partial charge in [0.2, 0.25) is 0 Å². The van der Waals surface area contributed by atoms with Crippen LogP contribution in [0.1, 0.15) is 49.7 Å². The van der Waals surface area contributed by atoms with E-state index < -0.39 is 0 Å². The molecule has 1 aliphatic heterocycles. The van der Waals surface area contributed by atoms with Crippen molar-refractivity contribution in [2.45, 2.75) is 58.0 Å². The van der Waals surface area contributed by atoms with Crippen molar-refractivity contribution < 1.29 is 0 Å². The second kappa shape index (κ2) is 5.49. The number of aryl methyl sites for hydroxylation is 1. The zero-order valence-electron chi connectivity index (χ0n) is 11.9. The first-order valence-corrected chi connectivity index (χ1v) is 7.72. The molecule has 2 atom stereocenters. The summed E-state index contributed by atoms with van der Waals surface area (Å²) in [5.74, 6) is 2.10. The first kappa shape index (κ1) is 12.9. The maximum Gasteiger partial charge on any atom is 0.131 e. The maximum atomic E-state index is 5.70. The average molecular weight is 259 g/mol. The molecule has 2 heterocycles. The van der Waals surface area contributed by atoms with Crippen LogP contribution in [0.15, 0.2) is 12.3 Å². The molecule has 0 spiro atoms. The standard InChI is InChI=1S/C16H25N3/c1-12-9-13(10-17)11-18-16(12)19-8-4-6-14-5-2-3-7-15(14)19/h9,11,14-15H,2-8,10,17H2,1H3. The van der Waals surface area contributed by atoms with E-state index in [0.717, 1.165) is 17.5 Å². The van der Waals surface area contributed by atoms with E-state index in [1.807, 2.05) is 6.20 Å². The van der Waals surface area contributed by atoms with Gasteiger partial charge in [-0.2, -0.15) is 0 Å². The molecule has 0 bridgehead atoms. The fourth-order valence-electron chi connectivity index (χ4n) is 3.93. The van der Waals surface area contributed by atoms with E-state index in [0.29, 0.717) is 6.54 Å². The van der Waals surface area contributed by atoms with E-state index in [1.165, 1.54) is 56.5 Å². The number of pyridine rings is 1. The summed E-state index contributed by atoms with van der Waals surface area (Å²) in [7, 11) is 0. The van der Waals surface area contributed by atoms with Crippen molar-refractivity contribution in [3.8, 4) is 0 Å². The van der Waals surface area contributed by atoms with Crippen molar-refractivity contribution in [1.82, 2.24) is 4.98 Å². The molecule has 19 heavy (non-hydrogen) atoms. The molecule has 2 N–H and O–H groups in total. The maximum absolute atomic E-state index is 5.70. The zero-order valence-corrected chi connectivity index (χ0v) is 11.9. The van der Waals surface area contributed by atoms with Crippen molar-refractivity contribution in [1.29, 1.82) is 0 Å². The van der Waals surface area contributed by atoms with Crippen molar-refractivity contribution >= 4 is 5.82 Å². The Morgan fingerprint density at radius 1 is 1.26 bits per heavy atom. The van der Waals surface area contributed by atoms with Gasteiger partial charge in [-0.15, -0.1) is 0 Å². The third-order valence-corrected chi connectivity index (χ3v) is 4.86. The molecule has 3 rings (SSSR count). The fourth-order valence-corrected chi connectivity index (χ4v) is 3.93. The van der Waals surface area contributed by atoms with Gasteiger partial charge >= 0.3 is 0 Å². The Kier molecular flexibility index (Phi) is 3.74. The summed E-state index contributed by atoms with van der Waals surface area (Å²) in [5.41, 5.74) is 8.12. The third kappa shape index (κ3) is 2.48. The van der Waals surface area contributed by atoms with Crippen LogP contribution in [0.5, 0.6) is 0 Å². The summed E-state index contributed by atoms with van der Waals surface area (Å²) in [6.07, 6.45) is 10.3. The largest absolute Gasteiger partial charge is 0.353 e. The molecule has 1 aromatic rings. The molecule has 1 saturated heterocycles. The van der Waals surface area contributed by atoms with Gasteiger partial charge in [0, 0.05) is 25.3 Å². The van der Waals surface area contributed by atoms with Gasteiger partial charge in [0.15, 0.2) is 0 Å². The molecule has 1 saturated carbocycles. The van der Waals surface area contributed by atoms with Gasteiger partial charge < -0.3 is 10.6 Å². The van der Waals surface area contributed by atoms with Crippen LogP contribution in [0.2, 0.25) is 0 Å². The van der Waals surface area contributed by atoms with Crippen LogP contribution < -0.4 is 10.6 Å². The first-order chi connectivity index (χ1) is 9.29. The molecule has 3 nitrogen and oxygen atoms in total. The Balaban J connectivity index is 1.87. The number of anilines is 1. The van der Waals surface area contributed by atoms with E-state index in [2.05, 4.69) is 17.9 Å². The summed E-state index contributed by atoms with van der Waals surface area (Å²) in [6, 6.07) is 2.94. The molecule has 0 radical (unpaired) electrons. The normalized spacial score (nSPS) is 27.2. The Morgan fingerprint density at radius 2 is 2.05 bits per heavy atom. The Morgan fingerprint density at radius 3 is 2.84 bits per heavy atom. The lowest BCUT2D eigenvalue weighted by molar-refractivity contribution is 0.242. The van der Waals surface area contributed by atoms with E-state index in [-0.39, 0.29) is 0 Å². The van der Waals surface area contributed by atoms with Gasteiger partial charge in [-0.25, -0.2) is 4.98 Å². The van der Waals surface area contributed by atoms with Gasteiger partial charge in [-0.05, 0) is 55.7 Å². The SMILES string of the molecule is Cc1cc(CN)cnc1N1CCCC2CCCCC21. The summed E-state index contributed by atoms with van der Waals surface area (Å²) < 4.78 is 0. The fraction of sp³-hybridized carbons (Fsp3) is 0.688. The van der Waals surface area contributed by atoms with Crippen LogP contribution in [0.3, 0.4) is 0 Å². The topological polar surface area (TPSA) is 42.1 Å². The van der Waals surface area contributed by atoms with Crippen molar-refractivity contribution in [3.05, 3.63) is 23.4 Å². The number of fused-ring (bicyclic) bond motifs is 1. The minimum Gasteiger partial charge on any atom is -0.353 e. The molecule has 3 heteroatoms. The highest BCUT2D eigenvalue weighted by Crippen LogP contribution is 2.37. The molecule has 1 aliphatic carbocycles. The Hall–Kier alpha value is -1.09. The van der Waals surface area contributed by atoms with Crippen LogP contribution in [0, 0.1) is 12.8 Å². The van der Waals surface area contributed by atoms with E-state index in [4.69, 9.17) is 10.7 Å². The van der Waals surface area contributed by atoms with Crippen LogP contribution in [-0.2, 0) is 6.54 Å². The lowest BCUT2D eigenvalue weighted by Gasteiger charge is -2.45. The third-order valence-electron chi connectivity index (χ3n) is 4.86. The highest BCUT2D eigenvalue weighted by Gasteiger charge is 2.34. The molecule has 0 amide bonds. The summed E-state index contributed by atoms with van der Waals surface area (Å²) >= 11 is 0. The van der Waals surface area contributed by atoms with Crippen molar-refractivity contribution in [2.75, 3.05) is 11.4 Å². The van der Waals surface area contributed by atoms with Crippen molar-refractivity contribution in [2.24, 2.45) is 11.7 Å². The monoisotopic (exact) mass is 259 g/mol. The summed E-state index contributed by atoms with van der Waals surface area (Å²) in [6.45, 7) is 3.94. The van der Waals surface area contributed by atoms with Gasteiger partial charge in [-0.3, -0.25) is 0 Å². The molecule has 1 aromatic heterocycles. The predicted octanol–water partition coefficient (Wildman–Crippen LogP) is 3.01. The molecular formula is C16H25N3. The second-order valence-corrected chi connectivity index (χ2v) is 6.14. The van der Waals surface area contributed by atoms with Gasteiger partial charge in [0.05, 0.1) is 0 Å². The highest BCUT2D eigenvalue weighted by atomic mass is 15.2. The lowest BCUT2D eigenvalue weighted by atomic mass is 9.78. The second-order valence-electron chi connectivity index (χ2n) is 6.14. The highest BCUT2D eigenvalue weighted by molar-refractivity contribution is 5.49. The van der Waals surface area contributed by atoms with E-state index >= 15 is 0 Å². The molecule has 2 aliphatic rings. The number of aromatic nitrogens is 1. The van der Waals surface area contributed by atoms with Crippen LogP contribution >= 0.6 is 0 Å². The number of rotatable bonds is 2. The summed E-state index contributed by atoms with van der Waals surface area (Å²) in [5, 5.41) is 0. The molecular weight excluding hydrogens is 234 g/mol. The molecule has 0 aromatic carbocycles. The zero-order chi connectivity index (χ0) is 13.2. The molecule has 2 fully saturated rings. The minimum atomic E-state index is 0.584. The minimum absolute atomic E-state index is 0.584. The van der Waals surface area contributed by atoms with E-state index in [1.54, 1.807) is 0 Å². The Bertz CT molecular complexity index is 442. The van der Waals surface area contributed by atoms with Crippen LogP contribution in [0.4, 0.5) is 5.82 Å². The smallest absolute Gasteiger partial charge is 0.131 e. The first-order valence-electron chi connectivity index (χ1n) is 7.72. The predicted molar refractivity (Wildman–Crippen MR) is 79.2 cm³/mol. The Labute approximate surface area is 116 Å². The van der Waals surface area contributed by atoms with Gasteiger partial charge in [-0.1, -0.05) is 12.8 Å². The number of piperidine rings is 1. The molecule has 2 unspecified atom stereocenters. The number of hydrogen-bond acceptors (Lipinski definition) is 3. The van der Waals surface area contributed by atoms with E-state index in [9.17, 15) is 0 Å². The average Bonchev–Trinajstić information content (AvgIpc) is 2.46. The number of nitrogens with zero attached hydrogens (tertiary/aromatic N) is 2. The number of nitrogens with two attached hydrogens (primary N) is 1. The van der Waals surface area contributed by atoms with Gasteiger partial charge in [0.25, 0.3) is 0 Å². The van der Waals surface area contributed by atoms with Crippen molar-refractivity contribution in [3.63, 3.8) is 0 Å². The number of hydrogen-bond donors (Lipinski definition) is 1.